The van der Waals surface area contributed by atoms with E-state index >= 15 is 0 Å². The molecule has 0 atom stereocenters. The van der Waals surface area contributed by atoms with Crippen molar-refractivity contribution in [2.24, 2.45) is 0 Å². The molecule has 1 N–H and O–H groups in total. The second-order valence-corrected chi connectivity index (χ2v) is 4.73. The van der Waals surface area contributed by atoms with Crippen molar-refractivity contribution in [2.75, 3.05) is 13.2 Å². The Morgan fingerprint density at radius 1 is 1.05 bits per heavy atom. The van der Waals surface area contributed by atoms with E-state index < -0.39 is 0 Å². The van der Waals surface area contributed by atoms with Gasteiger partial charge in [-0.2, -0.15) is 0 Å². The summed E-state index contributed by atoms with van der Waals surface area (Å²) in [5.41, 5.74) is 2.31. The van der Waals surface area contributed by atoms with Gasteiger partial charge in [-0.25, -0.2) is 5.06 Å². The van der Waals surface area contributed by atoms with Crippen molar-refractivity contribution in [1.29, 1.82) is 0 Å². The van der Waals surface area contributed by atoms with Gasteiger partial charge in [0, 0.05) is 13.3 Å². The number of hydrogen-bond donors (Lipinski definition) is 1. The molecule has 0 aliphatic heterocycles. The first-order valence-corrected chi connectivity index (χ1v) is 6.92. The maximum absolute atomic E-state index is 10.8. The third-order valence-corrected chi connectivity index (χ3v) is 3.11. The summed E-state index contributed by atoms with van der Waals surface area (Å²) < 4.78 is 5.58. The van der Waals surface area contributed by atoms with Gasteiger partial charge >= 0.3 is 0 Å². The van der Waals surface area contributed by atoms with Crippen molar-refractivity contribution in [3.05, 3.63) is 54.6 Å². The van der Waals surface area contributed by atoms with Crippen LogP contribution in [0.1, 0.15) is 13.3 Å². The Hall–Kier alpha value is -2.33. The van der Waals surface area contributed by atoms with Gasteiger partial charge in [0.15, 0.2) is 0 Å². The molecular formula is C17H19NO3. The van der Waals surface area contributed by atoms with E-state index in [0.29, 0.717) is 18.1 Å². The van der Waals surface area contributed by atoms with E-state index in [1.165, 1.54) is 12.5 Å². The molecule has 0 heterocycles. The second kappa shape index (κ2) is 7.45. The van der Waals surface area contributed by atoms with Gasteiger partial charge in [0.05, 0.1) is 13.2 Å². The standard InChI is InChI=1S/C17H19NO3/c1-14(19)18(20)12-5-13-21-17-10-8-16(9-11-17)15-6-3-2-4-7-15/h2-4,6-11,20H,5,12-13H2,1H3. The molecule has 0 fully saturated rings. The molecule has 21 heavy (non-hydrogen) atoms. The predicted octanol–water partition coefficient (Wildman–Crippen LogP) is 3.36. The van der Waals surface area contributed by atoms with Gasteiger partial charge in [0.1, 0.15) is 5.75 Å². The van der Waals surface area contributed by atoms with Crippen LogP contribution in [0.25, 0.3) is 11.1 Å². The Kier molecular flexibility index (Phi) is 5.35. The predicted molar refractivity (Wildman–Crippen MR) is 81.2 cm³/mol. The van der Waals surface area contributed by atoms with Crippen molar-refractivity contribution < 1.29 is 14.7 Å². The zero-order valence-electron chi connectivity index (χ0n) is 12.0. The Labute approximate surface area is 124 Å². The number of benzene rings is 2. The summed E-state index contributed by atoms with van der Waals surface area (Å²) in [4.78, 5) is 10.8. The Balaban J connectivity index is 1.82. The van der Waals surface area contributed by atoms with Gasteiger partial charge in [-0.1, -0.05) is 42.5 Å². The number of ether oxygens (including phenoxy) is 1. The first kappa shape index (κ1) is 15.1. The topological polar surface area (TPSA) is 49.8 Å². The Morgan fingerprint density at radius 3 is 2.29 bits per heavy atom. The fraction of sp³-hybridized carbons (Fsp3) is 0.235. The zero-order valence-corrected chi connectivity index (χ0v) is 12.0. The highest BCUT2D eigenvalue weighted by Crippen LogP contribution is 2.22. The van der Waals surface area contributed by atoms with Crippen LogP contribution in [-0.4, -0.2) is 29.3 Å². The van der Waals surface area contributed by atoms with Crippen molar-refractivity contribution in [2.45, 2.75) is 13.3 Å². The summed E-state index contributed by atoms with van der Waals surface area (Å²) in [7, 11) is 0. The van der Waals surface area contributed by atoms with Crippen LogP contribution >= 0.6 is 0 Å². The molecule has 0 spiro atoms. The van der Waals surface area contributed by atoms with Crippen LogP contribution in [0, 0.1) is 0 Å². The highest BCUT2D eigenvalue weighted by molar-refractivity contribution is 5.71. The normalized spacial score (nSPS) is 10.2. The molecule has 0 saturated carbocycles. The van der Waals surface area contributed by atoms with Crippen LogP contribution < -0.4 is 4.74 Å². The number of nitrogens with zero attached hydrogens (tertiary/aromatic N) is 1. The van der Waals surface area contributed by atoms with E-state index in [2.05, 4.69) is 12.1 Å². The fourth-order valence-corrected chi connectivity index (χ4v) is 1.94. The summed E-state index contributed by atoms with van der Waals surface area (Å²) in [6.45, 7) is 2.05. The number of hydroxylamine groups is 2. The Morgan fingerprint density at radius 2 is 1.67 bits per heavy atom. The number of hydrogen-bond acceptors (Lipinski definition) is 3. The van der Waals surface area contributed by atoms with E-state index in [0.717, 1.165) is 11.3 Å². The minimum Gasteiger partial charge on any atom is -0.494 e. The van der Waals surface area contributed by atoms with Gasteiger partial charge in [0.2, 0.25) is 5.91 Å². The van der Waals surface area contributed by atoms with Gasteiger partial charge in [0.25, 0.3) is 0 Å². The minimum absolute atomic E-state index is 0.275. The second-order valence-electron chi connectivity index (χ2n) is 4.73. The smallest absolute Gasteiger partial charge is 0.242 e. The van der Waals surface area contributed by atoms with E-state index in [-0.39, 0.29) is 12.5 Å². The molecule has 1 amide bonds. The number of carbonyl (C=O) groups excluding carboxylic acids is 1. The molecule has 2 aromatic rings. The zero-order chi connectivity index (χ0) is 15.1. The van der Waals surface area contributed by atoms with Crippen LogP contribution in [0.4, 0.5) is 0 Å². The summed E-state index contributed by atoms with van der Waals surface area (Å²) in [6.07, 6.45) is 0.580. The van der Waals surface area contributed by atoms with Gasteiger partial charge < -0.3 is 4.74 Å². The summed E-state index contributed by atoms with van der Waals surface area (Å²) in [6, 6.07) is 18.0. The van der Waals surface area contributed by atoms with E-state index in [1.54, 1.807) is 0 Å². The maximum Gasteiger partial charge on any atom is 0.242 e. The maximum atomic E-state index is 10.8. The monoisotopic (exact) mass is 285 g/mol. The fourth-order valence-electron chi connectivity index (χ4n) is 1.94. The van der Waals surface area contributed by atoms with Crippen LogP contribution in [0.15, 0.2) is 54.6 Å². The molecule has 0 radical (unpaired) electrons. The lowest BCUT2D eigenvalue weighted by molar-refractivity contribution is -0.163. The van der Waals surface area contributed by atoms with Gasteiger partial charge in [-0.05, 0) is 23.3 Å². The minimum atomic E-state index is -0.359. The molecule has 110 valence electrons. The highest BCUT2D eigenvalue weighted by atomic mass is 16.5. The van der Waals surface area contributed by atoms with Crippen LogP contribution in [-0.2, 0) is 4.79 Å². The average molecular weight is 285 g/mol. The van der Waals surface area contributed by atoms with E-state index in [1.807, 2.05) is 42.5 Å². The third kappa shape index (κ3) is 4.61. The van der Waals surface area contributed by atoms with Crippen molar-refractivity contribution in [3.63, 3.8) is 0 Å². The number of rotatable bonds is 6. The lowest BCUT2D eigenvalue weighted by Gasteiger charge is -2.12. The summed E-state index contributed by atoms with van der Waals surface area (Å²) in [5.74, 6) is 0.421. The Bertz CT molecular complexity index is 566. The van der Waals surface area contributed by atoms with Gasteiger partial charge in [-0.3, -0.25) is 10.0 Å². The van der Waals surface area contributed by atoms with Crippen LogP contribution in [0.2, 0.25) is 0 Å². The molecule has 0 aliphatic rings. The molecule has 0 aliphatic carbocycles. The molecule has 2 aromatic carbocycles. The molecule has 0 saturated heterocycles. The first-order chi connectivity index (χ1) is 10.2. The molecule has 4 nitrogen and oxygen atoms in total. The van der Waals surface area contributed by atoms with Crippen LogP contribution in [0.5, 0.6) is 5.75 Å². The van der Waals surface area contributed by atoms with E-state index in [9.17, 15) is 10.0 Å². The largest absolute Gasteiger partial charge is 0.494 e. The lowest BCUT2D eigenvalue weighted by atomic mass is 10.1. The van der Waals surface area contributed by atoms with Crippen LogP contribution in [0.3, 0.4) is 0 Å². The van der Waals surface area contributed by atoms with Gasteiger partial charge in [-0.15, -0.1) is 0 Å². The SMILES string of the molecule is CC(=O)N(O)CCCOc1ccc(-c2ccccc2)cc1. The summed E-state index contributed by atoms with van der Waals surface area (Å²) in [5, 5.41) is 9.91. The van der Waals surface area contributed by atoms with Crippen molar-refractivity contribution >= 4 is 5.91 Å². The third-order valence-electron chi connectivity index (χ3n) is 3.11. The van der Waals surface area contributed by atoms with E-state index in [4.69, 9.17) is 4.74 Å². The highest BCUT2D eigenvalue weighted by Gasteiger charge is 2.03. The summed E-state index contributed by atoms with van der Waals surface area (Å²) >= 11 is 0. The van der Waals surface area contributed by atoms with Crippen molar-refractivity contribution in [1.82, 2.24) is 5.06 Å². The average Bonchev–Trinajstić information content (AvgIpc) is 2.52. The molecule has 0 bridgehead atoms. The lowest BCUT2D eigenvalue weighted by Crippen LogP contribution is -2.26. The molecule has 4 heteroatoms. The van der Waals surface area contributed by atoms with Crippen molar-refractivity contribution in [3.8, 4) is 16.9 Å². The quantitative estimate of drug-likeness (QED) is 0.503. The number of carbonyl (C=O) groups is 1. The molecule has 2 rings (SSSR count). The molecule has 0 unspecified atom stereocenters. The molecular weight excluding hydrogens is 266 g/mol. The number of amides is 1. The first-order valence-electron chi connectivity index (χ1n) is 6.92. The molecule has 0 aromatic heterocycles.